The Labute approximate surface area is 194 Å². The molecule has 0 spiro atoms. The first-order chi connectivity index (χ1) is 15.8. The van der Waals surface area contributed by atoms with E-state index in [1.54, 1.807) is 18.2 Å². The van der Waals surface area contributed by atoms with Crippen LogP contribution in [0.1, 0.15) is 36.7 Å². The molecule has 0 atom stereocenters. The molecule has 172 valence electrons. The summed E-state index contributed by atoms with van der Waals surface area (Å²) in [6, 6.07) is 23.2. The third-order valence-electron chi connectivity index (χ3n) is 4.70. The third-order valence-corrected chi connectivity index (χ3v) is 4.70. The first-order valence-electron chi connectivity index (χ1n) is 10.7. The summed E-state index contributed by atoms with van der Waals surface area (Å²) in [5.41, 5.74) is 1.00. The predicted molar refractivity (Wildman–Crippen MR) is 125 cm³/mol. The maximum Gasteiger partial charge on any atom is 0.349 e. The van der Waals surface area contributed by atoms with Gasteiger partial charge in [-0.3, -0.25) is 0 Å². The Morgan fingerprint density at radius 1 is 0.727 bits per heavy atom. The lowest BCUT2D eigenvalue weighted by Crippen LogP contribution is -2.21. The SMILES string of the molecule is CC(C)(C)c1ccccc1OCC(=O)Oc1ccccc1C(=O)OCCOc1ccccc1. The summed E-state index contributed by atoms with van der Waals surface area (Å²) in [5, 5.41) is 0. The van der Waals surface area contributed by atoms with Crippen LogP contribution in [0.2, 0.25) is 0 Å². The van der Waals surface area contributed by atoms with Crippen LogP contribution >= 0.6 is 0 Å². The molecular formula is C27H28O6. The summed E-state index contributed by atoms with van der Waals surface area (Å²) < 4.78 is 21.9. The van der Waals surface area contributed by atoms with Crippen molar-refractivity contribution in [3.8, 4) is 17.2 Å². The highest BCUT2D eigenvalue weighted by Gasteiger charge is 2.20. The largest absolute Gasteiger partial charge is 0.490 e. The molecule has 6 heteroatoms. The standard InChI is InChI=1S/C27H28O6/c1-27(2,3)22-14-8-10-16-24(22)32-19-25(28)33-23-15-9-7-13-21(23)26(29)31-18-17-30-20-11-5-4-6-12-20/h4-16H,17-19H2,1-3H3. The van der Waals surface area contributed by atoms with Crippen molar-refractivity contribution in [3.05, 3.63) is 90.0 Å². The zero-order chi connectivity index (χ0) is 23.7. The molecule has 0 bridgehead atoms. The molecule has 0 radical (unpaired) electrons. The normalized spacial score (nSPS) is 10.9. The van der Waals surface area contributed by atoms with E-state index in [2.05, 4.69) is 20.8 Å². The van der Waals surface area contributed by atoms with Gasteiger partial charge in [0.25, 0.3) is 0 Å². The number of rotatable bonds is 9. The molecule has 0 N–H and O–H groups in total. The minimum absolute atomic E-state index is 0.0582. The molecule has 0 aliphatic heterocycles. The zero-order valence-electron chi connectivity index (χ0n) is 19.1. The lowest BCUT2D eigenvalue weighted by molar-refractivity contribution is -0.136. The van der Waals surface area contributed by atoms with E-state index < -0.39 is 11.9 Å². The second kappa shape index (κ2) is 11.2. The van der Waals surface area contributed by atoms with Gasteiger partial charge >= 0.3 is 11.9 Å². The number of esters is 2. The van der Waals surface area contributed by atoms with Crippen LogP contribution in [0.4, 0.5) is 0 Å². The molecular weight excluding hydrogens is 420 g/mol. The summed E-state index contributed by atoms with van der Waals surface area (Å²) in [4.78, 5) is 24.9. The number of ether oxygens (including phenoxy) is 4. The third kappa shape index (κ3) is 7.10. The van der Waals surface area contributed by atoms with E-state index >= 15 is 0 Å². The van der Waals surface area contributed by atoms with Gasteiger partial charge in [0, 0.05) is 0 Å². The van der Waals surface area contributed by atoms with Gasteiger partial charge in [-0.25, -0.2) is 9.59 Å². The number of para-hydroxylation sites is 3. The second-order valence-corrected chi connectivity index (χ2v) is 8.30. The molecule has 0 unspecified atom stereocenters. The predicted octanol–water partition coefficient (Wildman–Crippen LogP) is 5.20. The van der Waals surface area contributed by atoms with Gasteiger partial charge < -0.3 is 18.9 Å². The molecule has 3 aromatic rings. The number of benzene rings is 3. The van der Waals surface area contributed by atoms with Crippen molar-refractivity contribution in [1.29, 1.82) is 0 Å². The summed E-state index contributed by atoms with van der Waals surface area (Å²) in [5.74, 6) is 0.202. The van der Waals surface area contributed by atoms with Gasteiger partial charge in [-0.05, 0) is 41.3 Å². The molecule has 0 heterocycles. The molecule has 3 aromatic carbocycles. The Bertz CT molecular complexity index is 1070. The van der Waals surface area contributed by atoms with E-state index in [9.17, 15) is 9.59 Å². The van der Waals surface area contributed by atoms with E-state index in [0.29, 0.717) is 11.5 Å². The van der Waals surface area contributed by atoms with Gasteiger partial charge in [-0.15, -0.1) is 0 Å². The lowest BCUT2D eigenvalue weighted by atomic mass is 9.86. The highest BCUT2D eigenvalue weighted by atomic mass is 16.6. The van der Waals surface area contributed by atoms with Gasteiger partial charge in [0.2, 0.25) is 0 Å². The van der Waals surface area contributed by atoms with Crippen molar-refractivity contribution in [2.24, 2.45) is 0 Å². The Hall–Kier alpha value is -3.80. The van der Waals surface area contributed by atoms with Crippen LogP contribution < -0.4 is 14.2 Å². The van der Waals surface area contributed by atoms with Crippen molar-refractivity contribution in [3.63, 3.8) is 0 Å². The highest BCUT2D eigenvalue weighted by molar-refractivity contribution is 5.93. The molecule has 33 heavy (non-hydrogen) atoms. The maximum atomic E-state index is 12.5. The summed E-state index contributed by atoms with van der Waals surface area (Å²) >= 11 is 0. The second-order valence-electron chi connectivity index (χ2n) is 8.30. The minimum atomic E-state index is -0.619. The van der Waals surface area contributed by atoms with Crippen molar-refractivity contribution >= 4 is 11.9 Å². The quantitative estimate of drug-likeness (QED) is 0.254. The first-order valence-corrected chi connectivity index (χ1v) is 10.7. The van der Waals surface area contributed by atoms with Gasteiger partial charge in [-0.2, -0.15) is 0 Å². The van der Waals surface area contributed by atoms with Crippen LogP contribution in [0.25, 0.3) is 0 Å². The Morgan fingerprint density at radius 2 is 1.36 bits per heavy atom. The van der Waals surface area contributed by atoms with E-state index in [1.807, 2.05) is 54.6 Å². The molecule has 0 aliphatic rings. The van der Waals surface area contributed by atoms with Crippen LogP contribution in [0, 0.1) is 0 Å². The smallest absolute Gasteiger partial charge is 0.349 e. The van der Waals surface area contributed by atoms with Crippen LogP contribution in [-0.2, 0) is 14.9 Å². The molecule has 0 saturated carbocycles. The number of hydrogen-bond acceptors (Lipinski definition) is 6. The van der Waals surface area contributed by atoms with Crippen molar-refractivity contribution in [2.75, 3.05) is 19.8 Å². The van der Waals surface area contributed by atoms with Crippen LogP contribution in [0.15, 0.2) is 78.9 Å². The average molecular weight is 449 g/mol. The Morgan fingerprint density at radius 3 is 2.09 bits per heavy atom. The van der Waals surface area contributed by atoms with E-state index in [-0.39, 0.29) is 36.5 Å². The zero-order valence-corrected chi connectivity index (χ0v) is 19.1. The van der Waals surface area contributed by atoms with Gasteiger partial charge in [-0.1, -0.05) is 69.3 Å². The summed E-state index contributed by atoms with van der Waals surface area (Å²) in [6.45, 7) is 6.18. The topological polar surface area (TPSA) is 71.1 Å². The van der Waals surface area contributed by atoms with Crippen LogP contribution in [0.3, 0.4) is 0 Å². The van der Waals surface area contributed by atoms with Crippen LogP contribution in [-0.4, -0.2) is 31.8 Å². The molecule has 0 fully saturated rings. The summed E-state index contributed by atoms with van der Waals surface area (Å²) in [7, 11) is 0. The molecule has 0 aromatic heterocycles. The number of hydrogen-bond donors (Lipinski definition) is 0. The van der Waals surface area contributed by atoms with E-state index in [1.165, 1.54) is 6.07 Å². The van der Waals surface area contributed by atoms with Gasteiger partial charge in [0.1, 0.15) is 36.0 Å². The molecule has 3 rings (SSSR count). The molecule has 0 aliphatic carbocycles. The minimum Gasteiger partial charge on any atom is -0.490 e. The fraction of sp³-hybridized carbons (Fsp3) is 0.259. The monoisotopic (exact) mass is 448 g/mol. The average Bonchev–Trinajstić information content (AvgIpc) is 2.81. The fourth-order valence-electron chi connectivity index (χ4n) is 3.11. The lowest BCUT2D eigenvalue weighted by Gasteiger charge is -2.22. The Kier molecular flexibility index (Phi) is 8.08. The first kappa shape index (κ1) is 23.9. The van der Waals surface area contributed by atoms with Crippen LogP contribution in [0.5, 0.6) is 17.2 Å². The fourth-order valence-corrected chi connectivity index (χ4v) is 3.11. The summed E-state index contributed by atoms with van der Waals surface area (Å²) in [6.07, 6.45) is 0. The Balaban J connectivity index is 1.54. The number of carbonyl (C=O) groups is 2. The molecule has 6 nitrogen and oxygen atoms in total. The van der Waals surface area contributed by atoms with Crippen molar-refractivity contribution in [1.82, 2.24) is 0 Å². The van der Waals surface area contributed by atoms with Gasteiger partial charge in [0.05, 0.1) is 0 Å². The highest BCUT2D eigenvalue weighted by Crippen LogP contribution is 2.31. The molecule has 0 amide bonds. The van der Waals surface area contributed by atoms with Crippen molar-refractivity contribution < 1.29 is 28.5 Å². The van der Waals surface area contributed by atoms with Gasteiger partial charge in [0.15, 0.2) is 6.61 Å². The van der Waals surface area contributed by atoms with E-state index in [4.69, 9.17) is 18.9 Å². The van der Waals surface area contributed by atoms with E-state index in [0.717, 1.165) is 5.56 Å². The maximum absolute atomic E-state index is 12.5. The van der Waals surface area contributed by atoms with Crippen molar-refractivity contribution in [2.45, 2.75) is 26.2 Å². The molecule has 0 saturated heterocycles. The number of carbonyl (C=O) groups excluding carboxylic acids is 2.